The maximum atomic E-state index is 12.4. The zero-order chi connectivity index (χ0) is 19.0. The number of benzene rings is 2. The highest BCUT2D eigenvalue weighted by Crippen LogP contribution is 2.21. The van der Waals surface area contributed by atoms with Gasteiger partial charge in [0.15, 0.2) is 0 Å². The van der Waals surface area contributed by atoms with E-state index in [1.54, 1.807) is 24.3 Å². The summed E-state index contributed by atoms with van der Waals surface area (Å²) >= 11 is 0. The summed E-state index contributed by atoms with van der Waals surface area (Å²) in [5, 5.41) is 14.7. The minimum atomic E-state index is -0.883. The first-order valence-corrected chi connectivity index (χ1v) is 8.57. The molecule has 6 nitrogen and oxygen atoms in total. The molecule has 0 bridgehead atoms. The van der Waals surface area contributed by atoms with Crippen molar-refractivity contribution >= 4 is 27.8 Å². The van der Waals surface area contributed by atoms with Gasteiger partial charge in [-0.25, -0.2) is 4.79 Å². The van der Waals surface area contributed by atoms with E-state index >= 15 is 0 Å². The van der Waals surface area contributed by atoms with E-state index in [1.807, 2.05) is 42.1 Å². The quantitative estimate of drug-likeness (QED) is 0.547. The average Bonchev–Trinajstić information content (AvgIpc) is 3.05. The third-order valence-corrected chi connectivity index (χ3v) is 4.64. The van der Waals surface area contributed by atoms with Crippen molar-refractivity contribution in [3.8, 4) is 0 Å². The number of aliphatic hydroxyl groups is 1. The Labute approximate surface area is 154 Å². The largest absolute Gasteiger partial charge is 0.422 e. The fourth-order valence-electron chi connectivity index (χ4n) is 3.13. The molecule has 0 saturated carbocycles. The van der Waals surface area contributed by atoms with Gasteiger partial charge in [-0.1, -0.05) is 24.3 Å². The van der Waals surface area contributed by atoms with Gasteiger partial charge in [0.1, 0.15) is 11.1 Å². The molecule has 0 aliphatic rings. The molecule has 0 saturated heterocycles. The third kappa shape index (κ3) is 3.22. The lowest BCUT2D eigenvalue weighted by atomic mass is 10.1. The van der Waals surface area contributed by atoms with Crippen LogP contribution in [0.15, 0.2) is 70.0 Å². The summed E-state index contributed by atoms with van der Waals surface area (Å²) in [5.41, 5.74) is 1.39. The van der Waals surface area contributed by atoms with E-state index in [1.165, 1.54) is 6.07 Å². The molecule has 1 unspecified atom stereocenters. The number of aryl methyl sites for hydroxylation is 1. The Kier molecular flexibility index (Phi) is 4.25. The zero-order valence-electron chi connectivity index (χ0n) is 14.7. The Morgan fingerprint density at radius 1 is 1.15 bits per heavy atom. The number of para-hydroxylation sites is 1. The molecule has 4 rings (SSSR count). The highest BCUT2D eigenvalue weighted by Gasteiger charge is 2.16. The molecule has 136 valence electrons. The molecule has 1 amide bonds. The van der Waals surface area contributed by atoms with Gasteiger partial charge < -0.3 is 19.4 Å². The van der Waals surface area contributed by atoms with E-state index in [4.69, 9.17) is 4.42 Å². The second-order valence-corrected chi connectivity index (χ2v) is 6.46. The van der Waals surface area contributed by atoms with Crippen molar-refractivity contribution in [3.05, 3.63) is 82.3 Å². The predicted molar refractivity (Wildman–Crippen MR) is 103 cm³/mol. The summed E-state index contributed by atoms with van der Waals surface area (Å²) < 4.78 is 7.17. The van der Waals surface area contributed by atoms with Gasteiger partial charge in [0.25, 0.3) is 5.91 Å². The minimum absolute atomic E-state index is 0.0105. The number of hydrogen-bond acceptors (Lipinski definition) is 4. The summed E-state index contributed by atoms with van der Waals surface area (Å²) in [4.78, 5) is 24.4. The van der Waals surface area contributed by atoms with E-state index in [-0.39, 0.29) is 12.1 Å². The van der Waals surface area contributed by atoms with E-state index < -0.39 is 17.6 Å². The van der Waals surface area contributed by atoms with Crippen LogP contribution in [0.1, 0.15) is 22.0 Å². The van der Waals surface area contributed by atoms with Gasteiger partial charge in [-0.2, -0.15) is 0 Å². The van der Waals surface area contributed by atoms with Gasteiger partial charge in [0, 0.05) is 30.7 Å². The Balaban J connectivity index is 1.51. The SMILES string of the molecule is Cn1ccc2cc(C(O)CNC(=O)c3cc4ccccc4oc3=O)ccc21. The molecule has 0 aliphatic carbocycles. The number of fused-ring (bicyclic) bond motifs is 2. The molecule has 27 heavy (non-hydrogen) atoms. The summed E-state index contributed by atoms with van der Waals surface area (Å²) in [6.07, 6.45) is 1.06. The van der Waals surface area contributed by atoms with Crippen LogP contribution in [0, 0.1) is 0 Å². The van der Waals surface area contributed by atoms with Crippen molar-refractivity contribution in [1.29, 1.82) is 0 Å². The fraction of sp³-hybridized carbons (Fsp3) is 0.143. The molecule has 2 aromatic carbocycles. The zero-order valence-corrected chi connectivity index (χ0v) is 14.7. The van der Waals surface area contributed by atoms with Crippen LogP contribution in [0.3, 0.4) is 0 Å². The van der Waals surface area contributed by atoms with Crippen molar-refractivity contribution in [2.75, 3.05) is 6.54 Å². The standard InChI is InChI=1S/C21H18N2O4/c1-23-9-8-13-10-14(6-7-17(13)23)18(24)12-22-20(25)16-11-15-4-2-3-5-19(15)27-21(16)26/h2-11,18,24H,12H2,1H3,(H,22,25). The normalized spacial score (nSPS) is 12.4. The maximum absolute atomic E-state index is 12.4. The highest BCUT2D eigenvalue weighted by atomic mass is 16.4. The van der Waals surface area contributed by atoms with E-state index in [0.29, 0.717) is 16.5 Å². The van der Waals surface area contributed by atoms with Gasteiger partial charge in [-0.15, -0.1) is 0 Å². The number of hydrogen-bond donors (Lipinski definition) is 2. The topological polar surface area (TPSA) is 84.5 Å². The van der Waals surface area contributed by atoms with E-state index in [0.717, 1.165) is 10.9 Å². The Morgan fingerprint density at radius 3 is 2.81 bits per heavy atom. The van der Waals surface area contributed by atoms with Crippen LogP contribution in [0.4, 0.5) is 0 Å². The van der Waals surface area contributed by atoms with Crippen LogP contribution >= 0.6 is 0 Å². The lowest BCUT2D eigenvalue weighted by molar-refractivity contribution is 0.0913. The summed E-state index contributed by atoms with van der Waals surface area (Å²) in [6, 6.07) is 16.1. The number of nitrogens with one attached hydrogen (secondary N) is 1. The molecule has 2 heterocycles. The summed E-state index contributed by atoms with van der Waals surface area (Å²) in [6.45, 7) is -0.0105. The van der Waals surface area contributed by atoms with Crippen LogP contribution in [0.5, 0.6) is 0 Å². The monoisotopic (exact) mass is 362 g/mol. The van der Waals surface area contributed by atoms with Crippen molar-refractivity contribution in [2.24, 2.45) is 7.05 Å². The fourth-order valence-corrected chi connectivity index (χ4v) is 3.13. The molecule has 0 aliphatic heterocycles. The molecule has 6 heteroatoms. The first kappa shape index (κ1) is 17.1. The van der Waals surface area contributed by atoms with E-state index in [9.17, 15) is 14.7 Å². The first-order chi connectivity index (χ1) is 13.0. The van der Waals surface area contributed by atoms with Gasteiger partial charge in [-0.05, 0) is 41.3 Å². The molecule has 1 atom stereocenters. The summed E-state index contributed by atoms with van der Waals surface area (Å²) in [7, 11) is 1.95. The average molecular weight is 362 g/mol. The first-order valence-electron chi connectivity index (χ1n) is 8.57. The minimum Gasteiger partial charge on any atom is -0.422 e. The van der Waals surface area contributed by atoms with Gasteiger partial charge >= 0.3 is 5.63 Å². The van der Waals surface area contributed by atoms with Crippen LogP contribution in [-0.2, 0) is 7.05 Å². The molecule has 0 spiro atoms. The van der Waals surface area contributed by atoms with Crippen molar-refractivity contribution in [2.45, 2.75) is 6.10 Å². The van der Waals surface area contributed by atoms with Crippen LogP contribution in [0.2, 0.25) is 0 Å². The number of carbonyl (C=O) groups excluding carboxylic acids is 1. The highest BCUT2D eigenvalue weighted by molar-refractivity contribution is 5.96. The smallest absolute Gasteiger partial charge is 0.349 e. The molecule has 0 radical (unpaired) electrons. The predicted octanol–water partition coefficient (Wildman–Crippen LogP) is 2.75. The Morgan fingerprint density at radius 2 is 1.96 bits per heavy atom. The second kappa shape index (κ2) is 6.74. The summed E-state index contributed by atoms with van der Waals surface area (Å²) in [5.74, 6) is -0.575. The third-order valence-electron chi connectivity index (χ3n) is 4.64. The number of rotatable bonds is 4. The molecule has 2 N–H and O–H groups in total. The van der Waals surface area contributed by atoms with Gasteiger partial charge in [0.05, 0.1) is 6.10 Å². The lowest BCUT2D eigenvalue weighted by Gasteiger charge is -2.12. The molecular formula is C21H18N2O4. The molecule has 0 fully saturated rings. The Hall–Kier alpha value is -3.38. The number of aromatic nitrogens is 1. The molecule has 4 aromatic rings. The van der Waals surface area contributed by atoms with Gasteiger partial charge in [0.2, 0.25) is 0 Å². The number of aliphatic hydroxyl groups excluding tert-OH is 1. The number of nitrogens with zero attached hydrogens (tertiary/aromatic N) is 1. The van der Waals surface area contributed by atoms with Gasteiger partial charge in [-0.3, -0.25) is 4.79 Å². The van der Waals surface area contributed by atoms with Crippen molar-refractivity contribution in [1.82, 2.24) is 9.88 Å². The van der Waals surface area contributed by atoms with Crippen LogP contribution < -0.4 is 10.9 Å². The van der Waals surface area contributed by atoms with Crippen LogP contribution in [0.25, 0.3) is 21.9 Å². The van der Waals surface area contributed by atoms with Crippen LogP contribution in [-0.4, -0.2) is 22.1 Å². The van der Waals surface area contributed by atoms with E-state index in [2.05, 4.69) is 5.32 Å². The molecule has 2 aromatic heterocycles. The number of amides is 1. The maximum Gasteiger partial charge on any atom is 0.349 e. The lowest BCUT2D eigenvalue weighted by Crippen LogP contribution is -2.31. The van der Waals surface area contributed by atoms with Crippen molar-refractivity contribution in [3.63, 3.8) is 0 Å². The number of carbonyl (C=O) groups is 1. The molecular weight excluding hydrogens is 344 g/mol. The second-order valence-electron chi connectivity index (χ2n) is 6.46. The Bertz CT molecular complexity index is 1210. The van der Waals surface area contributed by atoms with Crippen molar-refractivity contribution < 1.29 is 14.3 Å².